The summed E-state index contributed by atoms with van der Waals surface area (Å²) in [7, 11) is -3.90. The minimum atomic E-state index is -3.90. The lowest BCUT2D eigenvalue weighted by Crippen LogP contribution is -2.39. The van der Waals surface area contributed by atoms with Gasteiger partial charge in [-0.25, -0.2) is 13.1 Å². The Labute approximate surface area is 228 Å². The van der Waals surface area contributed by atoms with Crippen LogP contribution >= 0.6 is 0 Å². The fraction of sp³-hybridized carbons (Fsp3) is 0.467. The van der Waals surface area contributed by atoms with Gasteiger partial charge in [-0.2, -0.15) is 9.40 Å². The molecule has 0 atom stereocenters. The molecule has 0 saturated heterocycles. The standard InChI is InChI=1S/C30H42N4O3S/c1-20(2)14-15-33(38(36,37)29-23(5)16-21(3)17-24(29)6)19-28(35)31-27-18-26(30(7,8)9)32-34(27)25-13-11-10-12-22(25)4/h10-13,16-18,20H,14-15,19H2,1-9H3,(H,31,35). The number of nitrogens with one attached hydrogen (secondary N) is 1. The first kappa shape index (κ1) is 29.6. The monoisotopic (exact) mass is 538 g/mol. The fourth-order valence-corrected chi connectivity index (χ4v) is 6.38. The lowest BCUT2D eigenvalue weighted by atomic mass is 9.92. The van der Waals surface area contributed by atoms with E-state index in [9.17, 15) is 13.2 Å². The number of carbonyl (C=O) groups excluding carboxylic acids is 1. The summed E-state index contributed by atoms with van der Waals surface area (Å²) in [6.45, 7) is 17.8. The highest BCUT2D eigenvalue weighted by Gasteiger charge is 2.30. The van der Waals surface area contributed by atoms with Crippen molar-refractivity contribution < 1.29 is 13.2 Å². The van der Waals surface area contributed by atoms with E-state index in [0.29, 0.717) is 23.4 Å². The molecule has 0 spiro atoms. The Kier molecular flexibility index (Phi) is 8.89. The number of rotatable bonds is 9. The third kappa shape index (κ3) is 6.72. The maximum atomic E-state index is 13.9. The third-order valence-corrected chi connectivity index (χ3v) is 8.72. The normalized spacial score (nSPS) is 12.4. The lowest BCUT2D eigenvalue weighted by Gasteiger charge is -2.25. The summed E-state index contributed by atoms with van der Waals surface area (Å²) in [5.74, 6) is 0.390. The molecule has 3 aromatic rings. The van der Waals surface area contributed by atoms with Crippen LogP contribution in [0.25, 0.3) is 5.69 Å². The molecule has 0 radical (unpaired) electrons. The molecule has 2 aromatic carbocycles. The third-order valence-electron chi connectivity index (χ3n) is 6.57. The average Bonchev–Trinajstić information content (AvgIpc) is 3.19. The number of hydrogen-bond donors (Lipinski definition) is 1. The van der Waals surface area contributed by atoms with E-state index in [0.717, 1.165) is 22.5 Å². The molecular weight excluding hydrogens is 496 g/mol. The summed E-state index contributed by atoms with van der Waals surface area (Å²) in [4.78, 5) is 13.7. The summed E-state index contributed by atoms with van der Waals surface area (Å²) in [6.07, 6.45) is 0.645. The zero-order valence-corrected chi connectivity index (χ0v) is 25.0. The van der Waals surface area contributed by atoms with Crippen LogP contribution in [0, 0.1) is 33.6 Å². The van der Waals surface area contributed by atoms with Crippen molar-refractivity contribution in [1.29, 1.82) is 0 Å². The van der Waals surface area contributed by atoms with Crippen LogP contribution in [0.2, 0.25) is 0 Å². The van der Waals surface area contributed by atoms with E-state index in [1.165, 1.54) is 4.31 Å². The maximum Gasteiger partial charge on any atom is 0.244 e. The molecule has 1 N–H and O–H groups in total. The zero-order chi connectivity index (χ0) is 28.4. The summed E-state index contributed by atoms with van der Waals surface area (Å²) in [5, 5.41) is 7.77. The molecule has 1 aromatic heterocycles. The van der Waals surface area contributed by atoms with Crippen molar-refractivity contribution in [2.24, 2.45) is 5.92 Å². The molecule has 3 rings (SSSR count). The molecule has 0 aliphatic rings. The predicted octanol–water partition coefficient (Wildman–Crippen LogP) is 6.08. The Morgan fingerprint density at radius 2 is 1.61 bits per heavy atom. The Hall–Kier alpha value is -2.97. The van der Waals surface area contributed by atoms with Crippen molar-refractivity contribution in [3.8, 4) is 5.69 Å². The van der Waals surface area contributed by atoms with Gasteiger partial charge in [0.2, 0.25) is 15.9 Å². The summed E-state index contributed by atoms with van der Waals surface area (Å²) in [6, 6.07) is 13.4. The number of aryl methyl sites for hydroxylation is 4. The van der Waals surface area contributed by atoms with Crippen molar-refractivity contribution >= 4 is 21.7 Å². The van der Waals surface area contributed by atoms with Crippen LogP contribution in [0.5, 0.6) is 0 Å². The van der Waals surface area contributed by atoms with Gasteiger partial charge in [0.15, 0.2) is 0 Å². The molecule has 0 fully saturated rings. The quantitative estimate of drug-likeness (QED) is 0.358. The molecule has 0 aliphatic heterocycles. The minimum Gasteiger partial charge on any atom is -0.309 e. The highest BCUT2D eigenvalue weighted by atomic mass is 32.2. The molecule has 0 bridgehead atoms. The van der Waals surface area contributed by atoms with Gasteiger partial charge in [-0.3, -0.25) is 4.79 Å². The van der Waals surface area contributed by atoms with Crippen molar-refractivity contribution in [1.82, 2.24) is 14.1 Å². The van der Waals surface area contributed by atoms with Gasteiger partial charge in [0.1, 0.15) is 5.82 Å². The largest absolute Gasteiger partial charge is 0.309 e. The summed E-state index contributed by atoms with van der Waals surface area (Å²) < 4.78 is 30.8. The molecule has 0 unspecified atom stereocenters. The SMILES string of the molecule is Cc1cc(C)c(S(=O)(=O)N(CCC(C)C)CC(=O)Nc2cc(C(C)(C)C)nn2-c2ccccc2C)c(C)c1. The highest BCUT2D eigenvalue weighted by Crippen LogP contribution is 2.29. The second-order valence-corrected chi connectivity index (χ2v) is 13.5. The van der Waals surface area contributed by atoms with Gasteiger partial charge in [-0.1, -0.05) is 70.5 Å². The topological polar surface area (TPSA) is 84.3 Å². The Balaban J connectivity index is 1.98. The van der Waals surface area contributed by atoms with Gasteiger partial charge in [-0.05, 0) is 62.8 Å². The molecule has 0 saturated carbocycles. The highest BCUT2D eigenvalue weighted by molar-refractivity contribution is 7.89. The maximum absolute atomic E-state index is 13.9. The molecule has 1 amide bonds. The number of hydrogen-bond acceptors (Lipinski definition) is 4. The first-order valence-corrected chi connectivity index (χ1v) is 14.6. The minimum absolute atomic E-state index is 0.236. The van der Waals surface area contributed by atoms with Gasteiger partial charge < -0.3 is 5.32 Å². The van der Waals surface area contributed by atoms with Crippen LogP contribution in [0.15, 0.2) is 47.4 Å². The van der Waals surface area contributed by atoms with Gasteiger partial charge >= 0.3 is 0 Å². The number of aromatic nitrogens is 2. The van der Waals surface area contributed by atoms with E-state index in [4.69, 9.17) is 5.10 Å². The molecular formula is C30H42N4O3S. The van der Waals surface area contributed by atoms with Gasteiger partial charge in [0, 0.05) is 18.0 Å². The number of anilines is 1. The van der Waals surface area contributed by atoms with Crippen LogP contribution in [0.3, 0.4) is 0 Å². The number of carbonyl (C=O) groups is 1. The van der Waals surface area contributed by atoms with Gasteiger partial charge in [-0.15, -0.1) is 0 Å². The fourth-order valence-electron chi connectivity index (χ4n) is 4.55. The first-order chi connectivity index (χ1) is 17.6. The van der Waals surface area contributed by atoms with Gasteiger partial charge in [0.05, 0.1) is 22.8 Å². The second-order valence-electron chi connectivity index (χ2n) is 11.7. The van der Waals surface area contributed by atoms with Crippen LogP contribution in [0.1, 0.15) is 69.0 Å². The van der Waals surface area contributed by atoms with E-state index in [1.807, 2.05) is 84.0 Å². The Morgan fingerprint density at radius 1 is 1.00 bits per heavy atom. The van der Waals surface area contributed by atoms with E-state index in [1.54, 1.807) is 4.68 Å². The van der Waals surface area contributed by atoms with Crippen molar-refractivity contribution in [2.75, 3.05) is 18.4 Å². The van der Waals surface area contributed by atoms with E-state index in [-0.39, 0.29) is 29.3 Å². The van der Waals surface area contributed by atoms with E-state index in [2.05, 4.69) is 26.1 Å². The number of para-hydroxylation sites is 1. The van der Waals surface area contributed by atoms with Crippen molar-refractivity contribution in [2.45, 2.75) is 79.0 Å². The van der Waals surface area contributed by atoms with Gasteiger partial charge in [0.25, 0.3) is 0 Å². The number of sulfonamides is 1. The Bertz CT molecular complexity index is 1390. The molecule has 38 heavy (non-hydrogen) atoms. The number of benzene rings is 2. The average molecular weight is 539 g/mol. The summed E-state index contributed by atoms with van der Waals surface area (Å²) >= 11 is 0. The molecule has 206 valence electrons. The van der Waals surface area contributed by atoms with Crippen LogP contribution < -0.4 is 5.32 Å². The van der Waals surface area contributed by atoms with Crippen LogP contribution in [0.4, 0.5) is 5.82 Å². The van der Waals surface area contributed by atoms with Crippen molar-refractivity contribution in [3.05, 3.63) is 70.4 Å². The zero-order valence-electron chi connectivity index (χ0n) is 24.2. The lowest BCUT2D eigenvalue weighted by molar-refractivity contribution is -0.116. The van der Waals surface area contributed by atoms with E-state index >= 15 is 0 Å². The second kappa shape index (κ2) is 11.4. The molecule has 0 aliphatic carbocycles. The predicted molar refractivity (Wildman–Crippen MR) is 154 cm³/mol. The molecule has 7 nitrogen and oxygen atoms in total. The first-order valence-electron chi connectivity index (χ1n) is 13.2. The number of nitrogens with zero attached hydrogens (tertiary/aromatic N) is 3. The van der Waals surface area contributed by atoms with Crippen LogP contribution in [-0.2, 0) is 20.2 Å². The van der Waals surface area contributed by atoms with Crippen molar-refractivity contribution in [3.63, 3.8) is 0 Å². The van der Waals surface area contributed by atoms with Crippen LogP contribution in [-0.4, -0.2) is 41.5 Å². The smallest absolute Gasteiger partial charge is 0.244 e. The summed E-state index contributed by atoms with van der Waals surface area (Å²) in [5.41, 5.74) is 4.83. The molecule has 1 heterocycles. The van der Waals surface area contributed by atoms with E-state index < -0.39 is 15.9 Å². The Morgan fingerprint density at radius 3 is 2.16 bits per heavy atom. The molecule has 8 heteroatoms. The number of amides is 1.